The molecule has 0 amide bonds. The zero-order valence-corrected chi connectivity index (χ0v) is 9.76. The number of hydrogen-bond donors (Lipinski definition) is 1. The van der Waals surface area contributed by atoms with E-state index >= 15 is 0 Å². The van der Waals surface area contributed by atoms with Crippen molar-refractivity contribution < 1.29 is 0 Å². The molecular weight excluding hydrogens is 214 g/mol. The van der Waals surface area contributed by atoms with E-state index in [9.17, 15) is 4.79 Å². The normalized spacial score (nSPS) is 10.2. The standard InChI is InChI=1S/C13H15N3O/c1-2-14-13-4-3-11(9-15-13)10-16-7-5-12(17)6-8-16/h3-9H,2,10H2,1H3,(H,14,15). The molecular formula is C13H15N3O. The van der Waals surface area contributed by atoms with E-state index < -0.39 is 0 Å². The molecule has 2 heterocycles. The number of anilines is 1. The monoisotopic (exact) mass is 229 g/mol. The fourth-order valence-electron chi connectivity index (χ4n) is 1.56. The first kappa shape index (κ1) is 11.4. The van der Waals surface area contributed by atoms with Crippen LogP contribution >= 0.6 is 0 Å². The average molecular weight is 229 g/mol. The van der Waals surface area contributed by atoms with Gasteiger partial charge in [0.2, 0.25) is 0 Å². The van der Waals surface area contributed by atoms with Crippen LogP contribution in [0.5, 0.6) is 0 Å². The summed E-state index contributed by atoms with van der Waals surface area (Å²) in [6.07, 6.45) is 5.40. The van der Waals surface area contributed by atoms with Crippen molar-refractivity contribution in [2.45, 2.75) is 13.5 Å². The fraction of sp³-hybridized carbons (Fsp3) is 0.231. The molecule has 88 valence electrons. The topological polar surface area (TPSA) is 46.9 Å². The Morgan fingerprint density at radius 3 is 2.59 bits per heavy atom. The Hall–Kier alpha value is -2.10. The number of aromatic nitrogens is 2. The molecule has 0 atom stereocenters. The fourth-order valence-corrected chi connectivity index (χ4v) is 1.56. The van der Waals surface area contributed by atoms with Crippen LogP contribution in [0.15, 0.2) is 47.7 Å². The van der Waals surface area contributed by atoms with E-state index in [0.29, 0.717) is 0 Å². The molecule has 0 saturated heterocycles. The molecule has 2 aromatic heterocycles. The van der Waals surface area contributed by atoms with Gasteiger partial charge in [0.1, 0.15) is 5.82 Å². The first-order chi connectivity index (χ1) is 8.28. The number of hydrogen-bond acceptors (Lipinski definition) is 3. The van der Waals surface area contributed by atoms with E-state index in [1.807, 2.05) is 29.8 Å². The van der Waals surface area contributed by atoms with E-state index in [1.165, 1.54) is 0 Å². The van der Waals surface area contributed by atoms with E-state index in [0.717, 1.165) is 24.5 Å². The Balaban J connectivity index is 2.08. The predicted octanol–water partition coefficient (Wildman–Crippen LogP) is 1.72. The lowest BCUT2D eigenvalue weighted by atomic mass is 10.2. The van der Waals surface area contributed by atoms with Gasteiger partial charge in [0.05, 0.1) is 0 Å². The molecule has 4 heteroatoms. The van der Waals surface area contributed by atoms with E-state index in [-0.39, 0.29) is 5.43 Å². The minimum atomic E-state index is 0.0295. The van der Waals surface area contributed by atoms with Gasteiger partial charge < -0.3 is 9.88 Å². The van der Waals surface area contributed by atoms with Crippen molar-refractivity contribution in [1.29, 1.82) is 0 Å². The van der Waals surface area contributed by atoms with Crippen LogP contribution in [0.4, 0.5) is 5.82 Å². The number of nitrogens with one attached hydrogen (secondary N) is 1. The van der Waals surface area contributed by atoms with Crippen LogP contribution in [0.25, 0.3) is 0 Å². The average Bonchev–Trinajstić information content (AvgIpc) is 2.35. The molecule has 17 heavy (non-hydrogen) atoms. The lowest BCUT2D eigenvalue weighted by Gasteiger charge is -2.07. The molecule has 0 aliphatic carbocycles. The Bertz CT molecular complexity index is 511. The molecule has 0 saturated carbocycles. The zero-order chi connectivity index (χ0) is 12.1. The Kier molecular flexibility index (Phi) is 3.55. The second kappa shape index (κ2) is 5.30. The van der Waals surface area contributed by atoms with E-state index in [1.54, 1.807) is 24.5 Å². The van der Waals surface area contributed by atoms with Crippen molar-refractivity contribution in [3.63, 3.8) is 0 Å². The lowest BCUT2D eigenvalue weighted by molar-refractivity contribution is 0.785. The number of rotatable bonds is 4. The third-order valence-corrected chi connectivity index (χ3v) is 2.41. The molecule has 0 bridgehead atoms. The van der Waals surface area contributed by atoms with Crippen molar-refractivity contribution in [2.75, 3.05) is 11.9 Å². The summed E-state index contributed by atoms with van der Waals surface area (Å²) in [7, 11) is 0. The zero-order valence-electron chi connectivity index (χ0n) is 9.76. The van der Waals surface area contributed by atoms with Crippen LogP contribution < -0.4 is 10.7 Å². The SMILES string of the molecule is CCNc1ccc(Cn2ccc(=O)cc2)cn1. The third-order valence-electron chi connectivity index (χ3n) is 2.41. The summed E-state index contributed by atoms with van der Waals surface area (Å²) in [5.74, 6) is 0.885. The van der Waals surface area contributed by atoms with E-state index in [4.69, 9.17) is 0 Å². The van der Waals surface area contributed by atoms with Gasteiger partial charge in [0, 0.05) is 43.8 Å². The lowest BCUT2D eigenvalue weighted by Crippen LogP contribution is -2.05. The summed E-state index contributed by atoms with van der Waals surface area (Å²) < 4.78 is 1.95. The van der Waals surface area contributed by atoms with Crippen molar-refractivity contribution in [3.05, 3.63) is 58.6 Å². The molecule has 0 aliphatic heterocycles. The van der Waals surface area contributed by atoms with Gasteiger partial charge in [-0.05, 0) is 18.6 Å². The highest BCUT2D eigenvalue weighted by molar-refractivity contribution is 5.35. The maximum Gasteiger partial charge on any atom is 0.181 e. The first-order valence-electron chi connectivity index (χ1n) is 5.63. The Morgan fingerprint density at radius 2 is 2.00 bits per heavy atom. The Labute approximate surface area is 99.9 Å². The molecule has 0 spiro atoms. The van der Waals surface area contributed by atoms with Crippen molar-refractivity contribution in [3.8, 4) is 0 Å². The van der Waals surface area contributed by atoms with Gasteiger partial charge in [0.15, 0.2) is 5.43 Å². The van der Waals surface area contributed by atoms with Gasteiger partial charge in [-0.2, -0.15) is 0 Å². The maximum atomic E-state index is 11.0. The van der Waals surface area contributed by atoms with Crippen LogP contribution in [-0.4, -0.2) is 16.1 Å². The summed E-state index contributed by atoms with van der Waals surface area (Å²) >= 11 is 0. The van der Waals surface area contributed by atoms with E-state index in [2.05, 4.69) is 10.3 Å². The van der Waals surface area contributed by atoms with Gasteiger partial charge in [-0.15, -0.1) is 0 Å². The quantitative estimate of drug-likeness (QED) is 0.868. The van der Waals surface area contributed by atoms with Crippen molar-refractivity contribution in [1.82, 2.24) is 9.55 Å². The molecule has 0 fully saturated rings. The third kappa shape index (κ3) is 3.17. The van der Waals surface area contributed by atoms with Gasteiger partial charge in [0.25, 0.3) is 0 Å². The molecule has 4 nitrogen and oxygen atoms in total. The first-order valence-corrected chi connectivity index (χ1v) is 5.63. The summed E-state index contributed by atoms with van der Waals surface area (Å²) in [5, 5.41) is 3.15. The minimum absolute atomic E-state index is 0.0295. The molecule has 2 rings (SSSR count). The largest absolute Gasteiger partial charge is 0.370 e. The van der Waals surface area contributed by atoms with Crippen LogP contribution in [0.3, 0.4) is 0 Å². The highest BCUT2D eigenvalue weighted by Gasteiger charge is 1.96. The highest BCUT2D eigenvalue weighted by Crippen LogP contribution is 2.06. The van der Waals surface area contributed by atoms with Crippen LogP contribution in [-0.2, 0) is 6.54 Å². The molecule has 1 N–H and O–H groups in total. The second-order valence-corrected chi connectivity index (χ2v) is 3.79. The minimum Gasteiger partial charge on any atom is -0.370 e. The second-order valence-electron chi connectivity index (χ2n) is 3.79. The van der Waals surface area contributed by atoms with Crippen molar-refractivity contribution in [2.24, 2.45) is 0 Å². The number of pyridine rings is 2. The van der Waals surface area contributed by atoms with Crippen LogP contribution in [0.2, 0.25) is 0 Å². The Morgan fingerprint density at radius 1 is 1.24 bits per heavy atom. The molecule has 0 aromatic carbocycles. The summed E-state index contributed by atoms with van der Waals surface area (Å²) in [4.78, 5) is 15.3. The van der Waals surface area contributed by atoms with Gasteiger partial charge >= 0.3 is 0 Å². The predicted molar refractivity (Wildman–Crippen MR) is 68.2 cm³/mol. The molecule has 0 unspecified atom stereocenters. The van der Waals surface area contributed by atoms with Crippen molar-refractivity contribution >= 4 is 5.82 Å². The number of nitrogens with zero attached hydrogens (tertiary/aromatic N) is 2. The van der Waals surface area contributed by atoms with Gasteiger partial charge in [-0.25, -0.2) is 4.98 Å². The molecule has 0 radical (unpaired) electrons. The molecule has 0 aliphatic rings. The van der Waals surface area contributed by atoms with Gasteiger partial charge in [-0.3, -0.25) is 4.79 Å². The summed E-state index contributed by atoms with van der Waals surface area (Å²) in [5.41, 5.74) is 1.14. The highest BCUT2D eigenvalue weighted by atomic mass is 16.1. The molecule has 2 aromatic rings. The summed E-state index contributed by atoms with van der Waals surface area (Å²) in [6.45, 7) is 3.63. The van der Waals surface area contributed by atoms with Crippen LogP contribution in [0, 0.1) is 0 Å². The maximum absolute atomic E-state index is 11.0. The van der Waals surface area contributed by atoms with Gasteiger partial charge in [-0.1, -0.05) is 6.07 Å². The van der Waals surface area contributed by atoms with Crippen LogP contribution in [0.1, 0.15) is 12.5 Å². The summed E-state index contributed by atoms with van der Waals surface area (Å²) in [6, 6.07) is 7.10. The smallest absolute Gasteiger partial charge is 0.181 e.